The first-order chi connectivity index (χ1) is 5.82. The molecule has 0 aliphatic carbocycles. The van der Waals surface area contributed by atoms with Crippen LogP contribution < -0.4 is 0 Å². The molecule has 0 atom stereocenters. The van der Waals surface area contributed by atoms with Crippen molar-refractivity contribution in [3.8, 4) is 0 Å². The van der Waals surface area contributed by atoms with Gasteiger partial charge in [-0.1, -0.05) is 58.0 Å². The third-order valence-electron chi connectivity index (χ3n) is 1.31. The lowest BCUT2D eigenvalue weighted by molar-refractivity contribution is 1.24. The molecule has 0 aliphatic heterocycles. The average Bonchev–Trinajstić information content (AvgIpc) is 1.97. The zero-order chi connectivity index (χ0) is 10.2. The van der Waals surface area contributed by atoms with Gasteiger partial charge in [0.05, 0.1) is 13.6 Å². The van der Waals surface area contributed by atoms with Gasteiger partial charge in [0.15, 0.2) is 0 Å². The highest BCUT2D eigenvalue weighted by Gasteiger charge is 2.24. The van der Waals surface area contributed by atoms with E-state index in [-0.39, 0.29) is 0 Å². The second-order valence-corrected chi connectivity index (χ2v) is 6.43. The first-order valence-corrected chi connectivity index (χ1v) is 6.01. The highest BCUT2D eigenvalue weighted by Crippen LogP contribution is 2.41. The monoisotopic (exact) mass is 388 g/mol. The van der Waals surface area contributed by atoms with Gasteiger partial charge in [0, 0.05) is 5.56 Å². The van der Waals surface area contributed by atoms with Crippen LogP contribution >= 0.6 is 80.6 Å². The molecule has 1 aromatic carbocycles. The molecule has 0 saturated carbocycles. The molecular formula is C7H2Cl5I. The standard InChI is InChI=1S/C7H2Cl5I/c8-4-1-3(7(10,11)12)2-5(9)6(4)13/h1-2H. The second-order valence-electron chi connectivity index (χ2n) is 2.25. The third-order valence-corrected chi connectivity index (χ3v) is 4.36. The predicted octanol–water partition coefficient (Wildman–Crippen LogP) is 5.42. The van der Waals surface area contributed by atoms with Crippen molar-refractivity contribution < 1.29 is 0 Å². The maximum atomic E-state index is 5.86. The third kappa shape index (κ3) is 3.18. The van der Waals surface area contributed by atoms with E-state index in [1.54, 1.807) is 12.1 Å². The number of hydrogen-bond donors (Lipinski definition) is 0. The van der Waals surface area contributed by atoms with Crippen LogP contribution in [0.5, 0.6) is 0 Å². The molecule has 0 fully saturated rings. The molecule has 1 aromatic rings. The van der Waals surface area contributed by atoms with Crippen LogP contribution in [-0.4, -0.2) is 0 Å². The number of rotatable bonds is 0. The summed E-state index contributed by atoms with van der Waals surface area (Å²) in [7, 11) is 0. The Kier molecular flexibility index (Phi) is 4.32. The number of hydrogen-bond acceptors (Lipinski definition) is 0. The van der Waals surface area contributed by atoms with E-state index < -0.39 is 3.79 Å². The molecule has 1 rings (SSSR count). The molecule has 0 heterocycles. The summed E-state index contributed by atoms with van der Waals surface area (Å²) in [5.74, 6) is 0. The summed E-state index contributed by atoms with van der Waals surface area (Å²) < 4.78 is -0.739. The van der Waals surface area contributed by atoms with Gasteiger partial charge < -0.3 is 0 Å². The first kappa shape index (κ1) is 12.5. The zero-order valence-electron chi connectivity index (χ0n) is 5.92. The normalized spacial score (nSPS) is 11.8. The van der Waals surface area contributed by atoms with Crippen LogP contribution in [0.1, 0.15) is 5.56 Å². The van der Waals surface area contributed by atoms with Gasteiger partial charge in [-0.15, -0.1) is 0 Å². The fraction of sp³-hybridized carbons (Fsp3) is 0.143. The van der Waals surface area contributed by atoms with Crippen LogP contribution in [0.3, 0.4) is 0 Å². The van der Waals surface area contributed by atoms with Gasteiger partial charge in [0.1, 0.15) is 0 Å². The van der Waals surface area contributed by atoms with E-state index in [4.69, 9.17) is 58.0 Å². The lowest BCUT2D eigenvalue weighted by Gasteiger charge is -2.12. The van der Waals surface area contributed by atoms with E-state index in [9.17, 15) is 0 Å². The predicted molar refractivity (Wildman–Crippen MR) is 68.4 cm³/mol. The van der Waals surface area contributed by atoms with Crippen LogP contribution in [0.25, 0.3) is 0 Å². The molecule has 6 heteroatoms. The summed E-state index contributed by atoms with van der Waals surface area (Å²) in [6, 6.07) is 3.17. The molecule has 0 N–H and O–H groups in total. The molecular weight excluding hydrogens is 388 g/mol. The minimum absolute atomic E-state index is 0.466. The molecule has 72 valence electrons. The molecule has 0 aliphatic rings. The Balaban J connectivity index is 3.29. The van der Waals surface area contributed by atoms with Gasteiger partial charge in [-0.3, -0.25) is 0 Å². The van der Waals surface area contributed by atoms with Crippen LogP contribution in [0.15, 0.2) is 12.1 Å². The number of benzene rings is 1. The molecule has 0 aromatic heterocycles. The second kappa shape index (κ2) is 4.50. The maximum absolute atomic E-state index is 5.86. The fourth-order valence-corrected chi connectivity index (χ4v) is 1.84. The van der Waals surface area contributed by atoms with Crippen molar-refractivity contribution in [1.82, 2.24) is 0 Å². The van der Waals surface area contributed by atoms with Gasteiger partial charge in [0.25, 0.3) is 0 Å². The lowest BCUT2D eigenvalue weighted by Crippen LogP contribution is -2.00. The fourth-order valence-electron chi connectivity index (χ4n) is 0.719. The van der Waals surface area contributed by atoms with Gasteiger partial charge in [-0.2, -0.15) is 0 Å². The molecule has 0 amide bonds. The molecule has 0 nitrogen and oxygen atoms in total. The number of halogens is 6. The SMILES string of the molecule is Clc1cc(C(Cl)(Cl)Cl)cc(Cl)c1I. The molecule has 0 saturated heterocycles. The smallest absolute Gasteiger partial charge is 0.0831 e. The summed E-state index contributed by atoms with van der Waals surface area (Å²) in [5, 5.41) is 0.962. The minimum atomic E-state index is -1.49. The van der Waals surface area contributed by atoms with E-state index in [1.165, 1.54) is 0 Å². The average molecular weight is 390 g/mol. The van der Waals surface area contributed by atoms with E-state index in [0.717, 1.165) is 3.57 Å². The summed E-state index contributed by atoms with van der Waals surface area (Å²) in [5.41, 5.74) is 0.466. The van der Waals surface area contributed by atoms with Crippen LogP contribution in [0.4, 0.5) is 0 Å². The van der Waals surface area contributed by atoms with Gasteiger partial charge in [0.2, 0.25) is 3.79 Å². The van der Waals surface area contributed by atoms with Crippen molar-refractivity contribution in [2.75, 3.05) is 0 Å². The van der Waals surface area contributed by atoms with Gasteiger partial charge in [-0.05, 0) is 34.7 Å². The molecule has 0 bridgehead atoms. The quantitative estimate of drug-likeness (QED) is 0.315. The summed E-state index contributed by atoms with van der Waals surface area (Å²) in [6.07, 6.45) is 0. The van der Waals surface area contributed by atoms with E-state index in [0.29, 0.717) is 15.6 Å². The Bertz CT molecular complexity index is 307. The molecule has 0 spiro atoms. The number of alkyl halides is 3. The maximum Gasteiger partial charge on any atom is 0.216 e. The van der Waals surface area contributed by atoms with Crippen LogP contribution in [0, 0.1) is 3.57 Å². The van der Waals surface area contributed by atoms with E-state index in [1.807, 2.05) is 22.6 Å². The lowest BCUT2D eigenvalue weighted by atomic mass is 10.2. The van der Waals surface area contributed by atoms with Crippen molar-refractivity contribution in [3.05, 3.63) is 31.3 Å². The summed E-state index contributed by atoms with van der Waals surface area (Å²) in [6.45, 7) is 0. The van der Waals surface area contributed by atoms with Crippen LogP contribution in [-0.2, 0) is 3.79 Å². The van der Waals surface area contributed by atoms with Crippen molar-refractivity contribution in [1.29, 1.82) is 0 Å². The van der Waals surface area contributed by atoms with E-state index >= 15 is 0 Å². The largest absolute Gasteiger partial charge is 0.216 e. The molecule has 0 unspecified atom stereocenters. The van der Waals surface area contributed by atoms with Crippen molar-refractivity contribution in [2.24, 2.45) is 0 Å². The van der Waals surface area contributed by atoms with E-state index in [2.05, 4.69) is 0 Å². The summed E-state index contributed by atoms with van der Waals surface area (Å²) in [4.78, 5) is 0. The first-order valence-electron chi connectivity index (χ1n) is 3.04. The van der Waals surface area contributed by atoms with Crippen molar-refractivity contribution in [3.63, 3.8) is 0 Å². The van der Waals surface area contributed by atoms with Gasteiger partial charge in [-0.25, -0.2) is 0 Å². The van der Waals surface area contributed by atoms with Crippen molar-refractivity contribution in [2.45, 2.75) is 3.79 Å². The topological polar surface area (TPSA) is 0 Å². The Hall–Kier alpha value is 1.40. The Labute approximate surface area is 115 Å². The minimum Gasteiger partial charge on any atom is -0.0831 e. The van der Waals surface area contributed by atoms with Crippen molar-refractivity contribution >= 4 is 80.6 Å². The highest BCUT2D eigenvalue weighted by molar-refractivity contribution is 14.1. The highest BCUT2D eigenvalue weighted by atomic mass is 127. The Morgan fingerprint density at radius 1 is 1.00 bits per heavy atom. The molecule has 0 radical (unpaired) electrons. The summed E-state index contributed by atoms with van der Waals surface area (Å²) >= 11 is 30.7. The molecule has 13 heavy (non-hydrogen) atoms. The Morgan fingerprint density at radius 2 is 1.38 bits per heavy atom. The zero-order valence-corrected chi connectivity index (χ0v) is 11.9. The van der Waals surface area contributed by atoms with Crippen LogP contribution in [0.2, 0.25) is 10.0 Å². The van der Waals surface area contributed by atoms with Gasteiger partial charge >= 0.3 is 0 Å². The Morgan fingerprint density at radius 3 is 1.69 bits per heavy atom.